The van der Waals surface area contributed by atoms with Crippen molar-refractivity contribution in [3.8, 4) is 5.75 Å². The van der Waals surface area contributed by atoms with Crippen molar-refractivity contribution in [2.75, 3.05) is 5.75 Å². The summed E-state index contributed by atoms with van der Waals surface area (Å²) in [5, 5.41) is 17.4. The van der Waals surface area contributed by atoms with E-state index in [0.29, 0.717) is 17.5 Å². The largest absolute Gasteiger partial charge is 0.486 e. The highest BCUT2D eigenvalue weighted by atomic mass is 79.9. The van der Waals surface area contributed by atoms with Gasteiger partial charge in [-0.15, -0.1) is 10.2 Å². The summed E-state index contributed by atoms with van der Waals surface area (Å²) in [6, 6.07) is 7.51. The minimum atomic E-state index is -0.877. The van der Waals surface area contributed by atoms with Crippen molar-refractivity contribution in [1.29, 1.82) is 0 Å². The normalized spacial score (nSPS) is 10.6. The number of thioether (sulfide) groups is 1. The summed E-state index contributed by atoms with van der Waals surface area (Å²) >= 11 is 4.52. The number of hydrogen-bond donors (Lipinski definition) is 1. The fourth-order valence-corrected chi connectivity index (χ4v) is 2.66. The molecule has 0 unspecified atom stereocenters. The molecule has 2 aromatic rings. The van der Waals surface area contributed by atoms with Gasteiger partial charge in [-0.2, -0.15) is 0 Å². The van der Waals surface area contributed by atoms with E-state index in [4.69, 9.17) is 9.84 Å². The maximum Gasteiger partial charge on any atom is 0.313 e. The Labute approximate surface area is 134 Å². The number of carboxylic acids is 1. The highest BCUT2D eigenvalue weighted by molar-refractivity contribution is 9.10. The van der Waals surface area contributed by atoms with Gasteiger partial charge < -0.3 is 14.4 Å². The van der Waals surface area contributed by atoms with Gasteiger partial charge in [0.05, 0.1) is 5.75 Å². The Morgan fingerprint density at radius 2 is 2.10 bits per heavy atom. The Morgan fingerprint density at radius 1 is 1.38 bits per heavy atom. The first kappa shape index (κ1) is 15.8. The van der Waals surface area contributed by atoms with Gasteiger partial charge in [-0.25, -0.2) is 0 Å². The molecule has 0 atom stereocenters. The molecular formula is C13H14BrN3O3S. The van der Waals surface area contributed by atoms with Gasteiger partial charge in [0.1, 0.15) is 12.4 Å². The summed E-state index contributed by atoms with van der Waals surface area (Å²) in [5.41, 5.74) is 0. The van der Waals surface area contributed by atoms with E-state index in [9.17, 15) is 4.79 Å². The van der Waals surface area contributed by atoms with E-state index in [1.807, 2.05) is 35.8 Å². The van der Waals surface area contributed by atoms with Crippen molar-refractivity contribution in [1.82, 2.24) is 14.8 Å². The van der Waals surface area contributed by atoms with Crippen molar-refractivity contribution >= 4 is 33.7 Å². The molecule has 1 aromatic heterocycles. The Kier molecular flexibility index (Phi) is 5.63. The number of hydrogen-bond acceptors (Lipinski definition) is 5. The van der Waals surface area contributed by atoms with E-state index < -0.39 is 5.97 Å². The van der Waals surface area contributed by atoms with Crippen LogP contribution >= 0.6 is 27.7 Å². The number of ether oxygens (including phenoxy) is 1. The van der Waals surface area contributed by atoms with Gasteiger partial charge in [0.15, 0.2) is 11.0 Å². The maximum absolute atomic E-state index is 10.6. The van der Waals surface area contributed by atoms with Crippen LogP contribution in [-0.4, -0.2) is 31.6 Å². The monoisotopic (exact) mass is 371 g/mol. The van der Waals surface area contributed by atoms with Gasteiger partial charge in [-0.05, 0) is 31.2 Å². The Bertz CT molecular complexity index is 616. The number of carbonyl (C=O) groups is 1. The summed E-state index contributed by atoms with van der Waals surface area (Å²) in [5.74, 6) is 0.501. The second-order valence-electron chi connectivity index (χ2n) is 4.07. The highest BCUT2D eigenvalue weighted by Gasteiger charge is 2.13. The summed E-state index contributed by atoms with van der Waals surface area (Å²) in [6.07, 6.45) is 0. The highest BCUT2D eigenvalue weighted by Crippen LogP contribution is 2.19. The smallest absolute Gasteiger partial charge is 0.313 e. The van der Waals surface area contributed by atoms with Crippen LogP contribution in [0, 0.1) is 0 Å². The minimum Gasteiger partial charge on any atom is -0.486 e. The lowest BCUT2D eigenvalue weighted by atomic mass is 10.3. The number of carboxylic acid groups (broad SMARTS) is 1. The summed E-state index contributed by atoms with van der Waals surface area (Å²) in [7, 11) is 0. The molecule has 0 saturated heterocycles. The summed E-state index contributed by atoms with van der Waals surface area (Å²) < 4.78 is 8.50. The van der Waals surface area contributed by atoms with Crippen LogP contribution in [0.2, 0.25) is 0 Å². The van der Waals surface area contributed by atoms with Gasteiger partial charge in [-0.3, -0.25) is 4.79 Å². The van der Waals surface area contributed by atoms with Gasteiger partial charge in [-0.1, -0.05) is 27.7 Å². The van der Waals surface area contributed by atoms with Crippen molar-refractivity contribution < 1.29 is 14.6 Å². The molecule has 0 spiro atoms. The average Bonchev–Trinajstić information content (AvgIpc) is 2.86. The fraction of sp³-hybridized carbons (Fsp3) is 0.308. The quantitative estimate of drug-likeness (QED) is 0.754. The van der Waals surface area contributed by atoms with Crippen LogP contribution in [0.1, 0.15) is 12.7 Å². The second kappa shape index (κ2) is 7.46. The lowest BCUT2D eigenvalue weighted by Gasteiger charge is -2.08. The maximum atomic E-state index is 10.6. The first-order chi connectivity index (χ1) is 10.1. The predicted molar refractivity (Wildman–Crippen MR) is 82.5 cm³/mol. The molecule has 6 nitrogen and oxygen atoms in total. The molecule has 0 amide bonds. The number of nitrogens with zero attached hydrogens (tertiary/aromatic N) is 3. The van der Waals surface area contributed by atoms with Gasteiger partial charge >= 0.3 is 5.97 Å². The van der Waals surface area contributed by atoms with Crippen LogP contribution in [0.5, 0.6) is 5.75 Å². The Morgan fingerprint density at radius 3 is 2.71 bits per heavy atom. The molecule has 0 aliphatic rings. The molecule has 1 aromatic carbocycles. The zero-order chi connectivity index (χ0) is 15.2. The van der Waals surface area contributed by atoms with Crippen LogP contribution in [0.25, 0.3) is 0 Å². The van der Waals surface area contributed by atoms with E-state index in [1.165, 1.54) is 0 Å². The number of rotatable bonds is 7. The molecule has 0 bridgehead atoms. The minimum absolute atomic E-state index is 0.0360. The number of benzene rings is 1. The molecular weight excluding hydrogens is 358 g/mol. The van der Waals surface area contributed by atoms with Crippen molar-refractivity contribution in [3.05, 3.63) is 34.6 Å². The second-order valence-corrected chi connectivity index (χ2v) is 5.93. The summed E-state index contributed by atoms with van der Waals surface area (Å²) in [6.45, 7) is 2.90. The van der Waals surface area contributed by atoms with Crippen LogP contribution in [0.4, 0.5) is 0 Å². The van der Waals surface area contributed by atoms with Crippen molar-refractivity contribution in [2.24, 2.45) is 0 Å². The first-order valence-electron chi connectivity index (χ1n) is 6.25. The molecule has 8 heteroatoms. The van der Waals surface area contributed by atoms with Crippen molar-refractivity contribution in [3.63, 3.8) is 0 Å². The third-order valence-electron chi connectivity index (χ3n) is 2.62. The van der Waals surface area contributed by atoms with E-state index in [0.717, 1.165) is 22.0 Å². The SMILES string of the molecule is CCn1c(COc2ccc(Br)cc2)nnc1SCC(=O)O. The van der Waals surface area contributed by atoms with Gasteiger partial charge in [0, 0.05) is 11.0 Å². The first-order valence-corrected chi connectivity index (χ1v) is 8.03. The lowest BCUT2D eigenvalue weighted by Crippen LogP contribution is -2.08. The van der Waals surface area contributed by atoms with Crippen LogP contribution in [0.3, 0.4) is 0 Å². The standard InChI is InChI=1S/C13H14BrN3O3S/c1-2-17-11(15-16-13(17)21-8-12(18)19)7-20-10-5-3-9(14)4-6-10/h3-6H,2,7-8H2,1H3,(H,18,19). The number of aromatic nitrogens is 3. The van der Waals surface area contributed by atoms with Gasteiger partial charge in [0.25, 0.3) is 0 Å². The molecule has 0 fully saturated rings. The summed E-state index contributed by atoms with van der Waals surface area (Å²) in [4.78, 5) is 10.6. The molecule has 1 N–H and O–H groups in total. The van der Waals surface area contributed by atoms with E-state index in [-0.39, 0.29) is 12.4 Å². The fourth-order valence-electron chi connectivity index (χ4n) is 1.66. The third kappa shape index (κ3) is 4.47. The van der Waals surface area contributed by atoms with Crippen LogP contribution < -0.4 is 4.74 Å². The molecule has 0 saturated carbocycles. The lowest BCUT2D eigenvalue weighted by molar-refractivity contribution is -0.133. The number of aliphatic carboxylic acids is 1. The average molecular weight is 372 g/mol. The Hall–Kier alpha value is -1.54. The van der Waals surface area contributed by atoms with E-state index in [1.54, 1.807) is 0 Å². The molecule has 0 aliphatic carbocycles. The van der Waals surface area contributed by atoms with E-state index >= 15 is 0 Å². The van der Waals surface area contributed by atoms with Gasteiger partial charge in [0.2, 0.25) is 0 Å². The number of halogens is 1. The zero-order valence-electron chi connectivity index (χ0n) is 11.3. The molecule has 0 radical (unpaired) electrons. The van der Waals surface area contributed by atoms with Crippen molar-refractivity contribution in [2.45, 2.75) is 25.2 Å². The topological polar surface area (TPSA) is 77.2 Å². The molecule has 0 aliphatic heterocycles. The molecule has 2 rings (SSSR count). The third-order valence-corrected chi connectivity index (χ3v) is 4.10. The van der Waals surface area contributed by atoms with Crippen LogP contribution in [-0.2, 0) is 17.9 Å². The van der Waals surface area contributed by atoms with Crippen LogP contribution in [0.15, 0.2) is 33.9 Å². The molecule has 1 heterocycles. The Balaban J connectivity index is 2.02. The molecule has 21 heavy (non-hydrogen) atoms. The molecule has 112 valence electrons. The zero-order valence-corrected chi connectivity index (χ0v) is 13.7. The predicted octanol–water partition coefficient (Wildman–Crippen LogP) is 2.82. The van der Waals surface area contributed by atoms with E-state index in [2.05, 4.69) is 26.1 Å².